The van der Waals surface area contributed by atoms with E-state index >= 15 is 0 Å². The third-order valence-corrected chi connectivity index (χ3v) is 6.22. The van der Waals surface area contributed by atoms with Crippen molar-refractivity contribution < 1.29 is 14.0 Å². The number of nitrogens with zero attached hydrogens (tertiary/aromatic N) is 2. The average molecular weight is 374 g/mol. The second-order valence-electron chi connectivity index (χ2n) is 7.74. The van der Waals surface area contributed by atoms with Crippen LogP contribution in [-0.4, -0.2) is 52.9 Å². The maximum Gasteiger partial charge on any atom is 0.241 e. The minimum Gasteiger partial charge on any atom is -0.352 e. The van der Waals surface area contributed by atoms with Crippen molar-refractivity contribution in [3.05, 3.63) is 35.6 Å². The summed E-state index contributed by atoms with van der Waals surface area (Å²) in [4.78, 5) is 27.5. The first-order valence-corrected chi connectivity index (χ1v) is 9.93. The molecule has 2 amide bonds. The number of halogens is 1. The van der Waals surface area contributed by atoms with Gasteiger partial charge in [-0.05, 0) is 50.3 Å². The molecule has 3 fully saturated rings. The van der Waals surface area contributed by atoms with Crippen LogP contribution >= 0.6 is 0 Å². The highest BCUT2D eigenvalue weighted by molar-refractivity contribution is 5.84. The molecule has 4 atom stereocenters. The van der Waals surface area contributed by atoms with E-state index in [0.29, 0.717) is 19.5 Å². The number of carbonyl (C=O) groups excluding carboxylic acids is 2. The second kappa shape index (κ2) is 7.56. The SMILES string of the molecule is CCN1C(=O)C2CCNN2C2CCC(C(=O)NCc3cccc(F)c3)CC21. The number of piperazine rings is 1. The van der Waals surface area contributed by atoms with Crippen LogP contribution in [-0.2, 0) is 16.1 Å². The van der Waals surface area contributed by atoms with Crippen molar-refractivity contribution in [1.29, 1.82) is 0 Å². The molecule has 4 unspecified atom stereocenters. The van der Waals surface area contributed by atoms with Crippen molar-refractivity contribution in [2.45, 2.75) is 57.3 Å². The summed E-state index contributed by atoms with van der Waals surface area (Å²) in [5.74, 6) is -0.225. The van der Waals surface area contributed by atoms with Crippen LogP contribution in [0.15, 0.2) is 24.3 Å². The Morgan fingerprint density at radius 2 is 2.15 bits per heavy atom. The van der Waals surface area contributed by atoms with E-state index in [-0.39, 0.29) is 41.7 Å². The summed E-state index contributed by atoms with van der Waals surface area (Å²) >= 11 is 0. The first kappa shape index (κ1) is 18.4. The van der Waals surface area contributed by atoms with Gasteiger partial charge in [-0.3, -0.25) is 15.0 Å². The maximum absolute atomic E-state index is 13.3. The van der Waals surface area contributed by atoms with E-state index in [1.54, 1.807) is 12.1 Å². The lowest BCUT2D eigenvalue weighted by atomic mass is 9.78. The van der Waals surface area contributed by atoms with Gasteiger partial charge in [-0.25, -0.2) is 9.40 Å². The lowest BCUT2D eigenvalue weighted by Gasteiger charge is -2.51. The number of benzene rings is 1. The molecule has 146 valence electrons. The summed E-state index contributed by atoms with van der Waals surface area (Å²) < 4.78 is 13.3. The molecule has 27 heavy (non-hydrogen) atoms. The average Bonchev–Trinajstić information content (AvgIpc) is 3.16. The summed E-state index contributed by atoms with van der Waals surface area (Å²) in [5.41, 5.74) is 4.13. The molecule has 6 nitrogen and oxygen atoms in total. The molecular formula is C20H27FN4O2. The van der Waals surface area contributed by atoms with E-state index in [1.807, 2.05) is 11.8 Å². The zero-order valence-corrected chi connectivity index (χ0v) is 15.7. The third kappa shape index (κ3) is 3.46. The standard InChI is InChI=1S/C20H27FN4O2/c1-2-24-18-11-14(19(26)22-12-13-4-3-5-15(21)10-13)6-7-16(18)25-17(20(24)27)8-9-23-25/h3-5,10,14,16-18,23H,2,6-9,11-12H2,1H3,(H,22,26). The molecule has 0 bridgehead atoms. The van der Waals surface area contributed by atoms with Crippen LogP contribution in [0.3, 0.4) is 0 Å². The van der Waals surface area contributed by atoms with Gasteiger partial charge in [-0.1, -0.05) is 12.1 Å². The summed E-state index contributed by atoms with van der Waals surface area (Å²) in [6.45, 7) is 3.87. The molecule has 0 spiro atoms. The summed E-state index contributed by atoms with van der Waals surface area (Å²) in [6, 6.07) is 6.59. The molecule has 2 aliphatic heterocycles. The van der Waals surface area contributed by atoms with Crippen LogP contribution in [0.5, 0.6) is 0 Å². The predicted octanol–water partition coefficient (Wildman–Crippen LogP) is 1.42. The number of rotatable bonds is 4. The number of fused-ring (bicyclic) bond motifs is 3. The molecule has 2 N–H and O–H groups in total. The second-order valence-corrected chi connectivity index (χ2v) is 7.74. The topological polar surface area (TPSA) is 64.7 Å². The van der Waals surface area contributed by atoms with E-state index in [0.717, 1.165) is 31.4 Å². The van der Waals surface area contributed by atoms with Crippen molar-refractivity contribution in [2.24, 2.45) is 5.92 Å². The van der Waals surface area contributed by atoms with Gasteiger partial charge < -0.3 is 10.2 Å². The Labute approximate surface area is 159 Å². The maximum atomic E-state index is 13.3. The fourth-order valence-electron chi connectivity index (χ4n) is 4.92. The zero-order chi connectivity index (χ0) is 19.0. The Bertz CT molecular complexity index is 728. The van der Waals surface area contributed by atoms with Crippen LogP contribution in [0.2, 0.25) is 0 Å². The Hall–Kier alpha value is -1.99. The molecule has 0 radical (unpaired) electrons. The molecule has 2 saturated heterocycles. The van der Waals surface area contributed by atoms with Gasteiger partial charge in [0.05, 0.1) is 0 Å². The highest BCUT2D eigenvalue weighted by atomic mass is 19.1. The third-order valence-electron chi connectivity index (χ3n) is 6.22. The largest absolute Gasteiger partial charge is 0.352 e. The molecule has 7 heteroatoms. The van der Waals surface area contributed by atoms with Gasteiger partial charge in [0.15, 0.2) is 0 Å². The van der Waals surface area contributed by atoms with Crippen molar-refractivity contribution in [1.82, 2.24) is 20.7 Å². The van der Waals surface area contributed by atoms with Crippen LogP contribution in [0.4, 0.5) is 4.39 Å². The molecule has 2 heterocycles. The zero-order valence-electron chi connectivity index (χ0n) is 15.7. The molecule has 0 aromatic heterocycles. The number of hydrogen-bond acceptors (Lipinski definition) is 4. The number of hydrogen-bond donors (Lipinski definition) is 2. The van der Waals surface area contributed by atoms with Crippen LogP contribution < -0.4 is 10.7 Å². The molecule has 1 aliphatic carbocycles. The van der Waals surface area contributed by atoms with E-state index in [4.69, 9.17) is 0 Å². The van der Waals surface area contributed by atoms with E-state index in [2.05, 4.69) is 15.8 Å². The fraction of sp³-hybridized carbons (Fsp3) is 0.600. The normalized spacial score (nSPS) is 30.7. The Morgan fingerprint density at radius 3 is 2.93 bits per heavy atom. The minimum atomic E-state index is -0.297. The van der Waals surface area contributed by atoms with Gasteiger partial charge >= 0.3 is 0 Å². The van der Waals surface area contributed by atoms with Crippen molar-refractivity contribution in [3.8, 4) is 0 Å². The monoisotopic (exact) mass is 374 g/mol. The van der Waals surface area contributed by atoms with Crippen LogP contribution in [0.25, 0.3) is 0 Å². The molecular weight excluding hydrogens is 347 g/mol. The molecule has 3 aliphatic rings. The van der Waals surface area contributed by atoms with E-state index in [1.165, 1.54) is 12.1 Å². The van der Waals surface area contributed by atoms with Gasteiger partial charge in [-0.2, -0.15) is 0 Å². The number of hydrazine groups is 1. The highest BCUT2D eigenvalue weighted by Crippen LogP contribution is 2.37. The number of nitrogens with one attached hydrogen (secondary N) is 2. The lowest BCUT2D eigenvalue weighted by molar-refractivity contribution is -0.155. The van der Waals surface area contributed by atoms with Crippen molar-refractivity contribution >= 4 is 11.8 Å². The molecule has 4 rings (SSSR count). The minimum absolute atomic E-state index is 0.00211. The summed E-state index contributed by atoms with van der Waals surface area (Å²) in [7, 11) is 0. The van der Waals surface area contributed by atoms with Gasteiger partial charge in [0.1, 0.15) is 11.9 Å². The predicted molar refractivity (Wildman–Crippen MR) is 98.8 cm³/mol. The number of amides is 2. The fourth-order valence-corrected chi connectivity index (χ4v) is 4.92. The Kier molecular flexibility index (Phi) is 5.14. The molecule has 1 aromatic carbocycles. The lowest BCUT2D eigenvalue weighted by Crippen LogP contribution is -2.68. The Balaban J connectivity index is 1.41. The Morgan fingerprint density at radius 1 is 1.30 bits per heavy atom. The quantitative estimate of drug-likeness (QED) is 0.837. The van der Waals surface area contributed by atoms with Gasteiger partial charge in [-0.15, -0.1) is 0 Å². The smallest absolute Gasteiger partial charge is 0.241 e. The summed E-state index contributed by atoms with van der Waals surface area (Å²) in [6.07, 6.45) is 3.25. The first-order valence-electron chi connectivity index (χ1n) is 9.93. The summed E-state index contributed by atoms with van der Waals surface area (Å²) in [5, 5.41) is 5.10. The van der Waals surface area contributed by atoms with Gasteiger partial charge in [0.25, 0.3) is 0 Å². The number of likely N-dealkylation sites (N-methyl/N-ethyl adjacent to an activating group) is 1. The first-order chi connectivity index (χ1) is 13.1. The van der Waals surface area contributed by atoms with Crippen molar-refractivity contribution in [3.63, 3.8) is 0 Å². The van der Waals surface area contributed by atoms with E-state index in [9.17, 15) is 14.0 Å². The number of carbonyl (C=O) groups is 2. The van der Waals surface area contributed by atoms with E-state index < -0.39 is 0 Å². The highest BCUT2D eigenvalue weighted by Gasteiger charge is 2.50. The van der Waals surface area contributed by atoms with Crippen LogP contribution in [0, 0.1) is 11.7 Å². The van der Waals surface area contributed by atoms with Crippen molar-refractivity contribution in [2.75, 3.05) is 13.1 Å². The van der Waals surface area contributed by atoms with Crippen LogP contribution in [0.1, 0.15) is 38.2 Å². The molecule has 1 saturated carbocycles. The van der Waals surface area contributed by atoms with Gasteiger partial charge in [0.2, 0.25) is 11.8 Å². The molecule has 1 aromatic rings. The van der Waals surface area contributed by atoms with Gasteiger partial charge in [0, 0.05) is 37.6 Å².